The van der Waals surface area contributed by atoms with Crippen molar-refractivity contribution in [3.8, 4) is 0 Å². The highest BCUT2D eigenvalue weighted by Gasteiger charge is 2.56. The third kappa shape index (κ3) is 4.28. The standard InChI is InChI=1S/C20H33N3O2/c1-11(2)7-9-14-18(25)16(17(24)13(5)6)19(22)20(14,23)15(21)10-8-12(3)4/h7-8,13-15,22,24H,9-10,21,23H2,1-6H3/t14?,15-,20+/m0/s1. The molecule has 1 fully saturated rings. The van der Waals surface area contributed by atoms with Crippen LogP contribution in [0.3, 0.4) is 0 Å². The van der Waals surface area contributed by atoms with Gasteiger partial charge in [0.05, 0.1) is 22.7 Å². The number of rotatable bonds is 6. The fraction of sp³-hybridized carbons (Fsp3) is 0.600. The van der Waals surface area contributed by atoms with Crippen LogP contribution in [0.15, 0.2) is 34.6 Å². The molecule has 1 aliphatic rings. The van der Waals surface area contributed by atoms with E-state index in [0.29, 0.717) is 12.8 Å². The topological polar surface area (TPSA) is 113 Å². The molecule has 1 rings (SSSR count). The molecule has 6 N–H and O–H groups in total. The Morgan fingerprint density at radius 1 is 1.24 bits per heavy atom. The first-order valence-corrected chi connectivity index (χ1v) is 8.82. The number of carbonyl (C=O) groups excluding carboxylic acids is 1. The lowest BCUT2D eigenvalue weighted by Crippen LogP contribution is -2.62. The molecular formula is C20H33N3O2. The second-order valence-electron chi connectivity index (χ2n) is 7.78. The lowest BCUT2D eigenvalue weighted by Gasteiger charge is -2.35. The van der Waals surface area contributed by atoms with Crippen LogP contribution in [0.25, 0.3) is 0 Å². The highest BCUT2D eigenvalue weighted by Crippen LogP contribution is 2.39. The average molecular weight is 348 g/mol. The molecule has 0 radical (unpaired) electrons. The number of carbonyl (C=O) groups is 1. The van der Waals surface area contributed by atoms with Crippen LogP contribution in [0, 0.1) is 17.2 Å². The Hall–Kier alpha value is -1.72. The smallest absolute Gasteiger partial charge is 0.173 e. The molecule has 1 saturated carbocycles. The van der Waals surface area contributed by atoms with Gasteiger partial charge in [-0.1, -0.05) is 37.1 Å². The number of allylic oxidation sites excluding steroid dienone is 4. The molecule has 1 unspecified atom stereocenters. The molecule has 0 bridgehead atoms. The van der Waals surface area contributed by atoms with E-state index in [0.717, 1.165) is 11.1 Å². The first-order valence-electron chi connectivity index (χ1n) is 8.82. The zero-order valence-corrected chi connectivity index (χ0v) is 16.3. The lowest BCUT2D eigenvalue weighted by molar-refractivity contribution is -0.119. The van der Waals surface area contributed by atoms with Gasteiger partial charge in [0, 0.05) is 12.0 Å². The van der Waals surface area contributed by atoms with Crippen LogP contribution in [0.5, 0.6) is 0 Å². The van der Waals surface area contributed by atoms with E-state index < -0.39 is 17.5 Å². The van der Waals surface area contributed by atoms with E-state index in [2.05, 4.69) is 0 Å². The number of Topliss-reactive ketones (excluding diaryl/α,β-unsaturated/α-hetero) is 1. The molecule has 0 amide bonds. The maximum absolute atomic E-state index is 13.0. The Labute approximate surface area is 151 Å². The predicted octanol–water partition coefficient (Wildman–Crippen LogP) is 3.41. The highest BCUT2D eigenvalue weighted by molar-refractivity contribution is 6.32. The molecule has 3 atom stereocenters. The van der Waals surface area contributed by atoms with Crippen molar-refractivity contribution in [2.24, 2.45) is 23.3 Å². The number of nitrogens with two attached hydrogens (primary N) is 2. The summed E-state index contributed by atoms with van der Waals surface area (Å²) in [7, 11) is 0. The molecule has 0 aromatic carbocycles. The molecule has 0 spiro atoms. The Morgan fingerprint density at radius 3 is 2.20 bits per heavy atom. The molecule has 0 heterocycles. The van der Waals surface area contributed by atoms with Crippen LogP contribution in [0.4, 0.5) is 0 Å². The van der Waals surface area contributed by atoms with Gasteiger partial charge in [-0.05, 0) is 40.5 Å². The summed E-state index contributed by atoms with van der Waals surface area (Å²) in [6.07, 6.45) is 4.81. The monoisotopic (exact) mass is 347 g/mol. The summed E-state index contributed by atoms with van der Waals surface area (Å²) in [4.78, 5) is 13.0. The van der Waals surface area contributed by atoms with Gasteiger partial charge in [0.15, 0.2) is 5.78 Å². The number of aliphatic hydroxyl groups is 1. The molecule has 0 saturated heterocycles. The summed E-state index contributed by atoms with van der Waals surface area (Å²) in [5, 5.41) is 19.0. The maximum atomic E-state index is 13.0. The predicted molar refractivity (Wildman–Crippen MR) is 104 cm³/mol. The summed E-state index contributed by atoms with van der Waals surface area (Å²) in [5.41, 5.74) is 13.9. The minimum absolute atomic E-state index is 0.0366. The molecule has 0 aromatic heterocycles. The van der Waals surface area contributed by atoms with Gasteiger partial charge < -0.3 is 22.0 Å². The van der Waals surface area contributed by atoms with Crippen molar-refractivity contribution in [3.63, 3.8) is 0 Å². The van der Waals surface area contributed by atoms with Crippen molar-refractivity contribution < 1.29 is 9.90 Å². The lowest BCUT2D eigenvalue weighted by atomic mass is 9.77. The molecule has 5 heteroatoms. The summed E-state index contributed by atoms with van der Waals surface area (Å²) in [6, 6.07) is -0.577. The fourth-order valence-electron chi connectivity index (χ4n) is 3.11. The largest absolute Gasteiger partial charge is 0.511 e. The molecular weight excluding hydrogens is 314 g/mol. The van der Waals surface area contributed by atoms with Gasteiger partial charge in [-0.15, -0.1) is 0 Å². The summed E-state index contributed by atoms with van der Waals surface area (Å²) in [5.74, 6) is -1.23. The Balaban J connectivity index is 3.45. The van der Waals surface area contributed by atoms with Gasteiger partial charge in [0.25, 0.3) is 0 Å². The van der Waals surface area contributed by atoms with Gasteiger partial charge in [-0.2, -0.15) is 0 Å². The molecule has 140 valence electrons. The second kappa shape index (κ2) is 8.11. The normalized spacial score (nSPS) is 26.7. The van der Waals surface area contributed by atoms with Crippen molar-refractivity contribution in [1.29, 1.82) is 5.41 Å². The maximum Gasteiger partial charge on any atom is 0.173 e. The summed E-state index contributed by atoms with van der Waals surface area (Å²) >= 11 is 0. The van der Waals surface area contributed by atoms with Crippen LogP contribution in [0.1, 0.15) is 54.4 Å². The Kier molecular flexibility index (Phi) is 6.91. The van der Waals surface area contributed by atoms with Crippen LogP contribution in [-0.4, -0.2) is 28.2 Å². The van der Waals surface area contributed by atoms with Crippen LogP contribution >= 0.6 is 0 Å². The minimum Gasteiger partial charge on any atom is -0.511 e. The van der Waals surface area contributed by atoms with E-state index in [1.54, 1.807) is 13.8 Å². The van der Waals surface area contributed by atoms with E-state index in [9.17, 15) is 9.90 Å². The number of hydrogen-bond acceptors (Lipinski definition) is 5. The highest BCUT2D eigenvalue weighted by atomic mass is 16.3. The van der Waals surface area contributed by atoms with Crippen LogP contribution < -0.4 is 11.5 Å². The van der Waals surface area contributed by atoms with E-state index in [1.165, 1.54) is 0 Å². The van der Waals surface area contributed by atoms with E-state index >= 15 is 0 Å². The van der Waals surface area contributed by atoms with Gasteiger partial charge in [0.1, 0.15) is 5.76 Å². The first-order chi connectivity index (χ1) is 11.4. The van der Waals surface area contributed by atoms with Crippen molar-refractivity contribution in [2.45, 2.75) is 66.0 Å². The van der Waals surface area contributed by atoms with Gasteiger partial charge in [0.2, 0.25) is 0 Å². The fourth-order valence-corrected chi connectivity index (χ4v) is 3.11. The number of ketones is 1. The van der Waals surface area contributed by atoms with Crippen LogP contribution in [0.2, 0.25) is 0 Å². The van der Waals surface area contributed by atoms with Gasteiger partial charge in [-0.3, -0.25) is 4.79 Å². The number of hydrogen-bond donors (Lipinski definition) is 4. The third-order valence-corrected chi connectivity index (χ3v) is 4.78. The first kappa shape index (κ1) is 21.3. The van der Waals surface area contributed by atoms with E-state index in [-0.39, 0.29) is 28.7 Å². The quantitative estimate of drug-likeness (QED) is 0.335. The van der Waals surface area contributed by atoms with Crippen LogP contribution in [-0.2, 0) is 4.79 Å². The van der Waals surface area contributed by atoms with Gasteiger partial charge >= 0.3 is 0 Å². The average Bonchev–Trinajstić information content (AvgIpc) is 2.69. The zero-order chi connectivity index (χ0) is 19.5. The van der Waals surface area contributed by atoms with Gasteiger partial charge in [-0.25, -0.2) is 0 Å². The van der Waals surface area contributed by atoms with E-state index in [1.807, 2.05) is 39.8 Å². The van der Waals surface area contributed by atoms with Crippen molar-refractivity contribution >= 4 is 11.5 Å². The third-order valence-electron chi connectivity index (χ3n) is 4.78. The number of nitrogens with one attached hydrogen (secondary N) is 1. The minimum atomic E-state index is -1.28. The summed E-state index contributed by atoms with van der Waals surface area (Å²) < 4.78 is 0. The SMILES string of the molecule is CC(C)=CCC1C(=O)C(=C(O)C(C)C)C(=N)[C@]1(N)[C@@H](N)CC=C(C)C. The Bertz CT molecular complexity index is 635. The number of aliphatic hydroxyl groups excluding tert-OH is 1. The Morgan fingerprint density at radius 2 is 1.76 bits per heavy atom. The second-order valence-corrected chi connectivity index (χ2v) is 7.78. The molecule has 0 aliphatic heterocycles. The molecule has 25 heavy (non-hydrogen) atoms. The van der Waals surface area contributed by atoms with Crippen molar-refractivity contribution in [2.75, 3.05) is 0 Å². The van der Waals surface area contributed by atoms with E-state index in [4.69, 9.17) is 16.9 Å². The van der Waals surface area contributed by atoms with Crippen molar-refractivity contribution in [1.82, 2.24) is 0 Å². The van der Waals surface area contributed by atoms with Crippen molar-refractivity contribution in [3.05, 3.63) is 34.6 Å². The summed E-state index contributed by atoms with van der Waals surface area (Å²) in [6.45, 7) is 11.4. The molecule has 5 nitrogen and oxygen atoms in total. The zero-order valence-electron chi connectivity index (χ0n) is 16.3. The molecule has 0 aromatic rings. The molecule has 1 aliphatic carbocycles.